The maximum atomic E-state index is 13.5. The van der Waals surface area contributed by atoms with Crippen molar-refractivity contribution in [1.29, 1.82) is 0 Å². The molecule has 0 aliphatic heterocycles. The zero-order valence-corrected chi connectivity index (χ0v) is 13.2. The van der Waals surface area contributed by atoms with E-state index in [4.69, 9.17) is 4.84 Å². The standard InChI is InChI=1S/C20H21FNO/c21-20-12-5-4-10-19(20)15-23-22-14-16-7-6-11-18(13-16)17-8-2-1-3-9-17/h4-7,10-13,17H,1-3,8-9,15H2. The Morgan fingerprint density at radius 1 is 1.04 bits per heavy atom. The number of nitrogens with zero attached hydrogens (tertiary/aromatic N) is 1. The third kappa shape index (κ3) is 4.41. The number of rotatable bonds is 5. The zero-order chi connectivity index (χ0) is 15.9. The summed E-state index contributed by atoms with van der Waals surface area (Å²) in [6.07, 6.45) is 9.42. The van der Waals surface area contributed by atoms with Crippen molar-refractivity contribution in [3.63, 3.8) is 0 Å². The highest BCUT2D eigenvalue weighted by Gasteiger charge is 2.15. The third-order valence-electron chi connectivity index (χ3n) is 4.38. The summed E-state index contributed by atoms with van der Waals surface area (Å²) in [4.78, 5) is 5.16. The van der Waals surface area contributed by atoms with E-state index in [0.29, 0.717) is 11.5 Å². The third-order valence-corrected chi connectivity index (χ3v) is 4.38. The van der Waals surface area contributed by atoms with Gasteiger partial charge in [-0.05, 0) is 36.5 Å². The van der Waals surface area contributed by atoms with E-state index in [-0.39, 0.29) is 12.4 Å². The van der Waals surface area contributed by atoms with Crippen molar-refractivity contribution in [2.24, 2.45) is 5.16 Å². The molecule has 3 rings (SSSR count). The fourth-order valence-electron chi connectivity index (χ4n) is 3.10. The van der Waals surface area contributed by atoms with Crippen molar-refractivity contribution in [2.75, 3.05) is 0 Å². The van der Waals surface area contributed by atoms with Crippen LogP contribution in [0, 0.1) is 5.82 Å². The maximum Gasteiger partial charge on any atom is 0.145 e. The molecule has 0 spiro atoms. The quantitative estimate of drug-likeness (QED) is 0.542. The van der Waals surface area contributed by atoms with Gasteiger partial charge < -0.3 is 4.84 Å². The summed E-state index contributed by atoms with van der Waals surface area (Å²) in [6, 6.07) is 14.9. The number of halogens is 1. The highest BCUT2D eigenvalue weighted by Crippen LogP contribution is 2.32. The molecule has 0 heterocycles. The van der Waals surface area contributed by atoms with Crippen LogP contribution in [-0.4, -0.2) is 6.21 Å². The zero-order valence-electron chi connectivity index (χ0n) is 13.2. The van der Waals surface area contributed by atoms with Gasteiger partial charge in [-0.2, -0.15) is 0 Å². The molecule has 3 heteroatoms. The smallest absolute Gasteiger partial charge is 0.145 e. The molecule has 0 aromatic heterocycles. The Hall–Kier alpha value is -2.16. The van der Waals surface area contributed by atoms with Crippen LogP contribution < -0.4 is 0 Å². The van der Waals surface area contributed by atoms with Crippen LogP contribution in [0.5, 0.6) is 0 Å². The van der Waals surface area contributed by atoms with E-state index in [1.807, 2.05) is 12.1 Å². The Morgan fingerprint density at radius 2 is 1.87 bits per heavy atom. The first-order valence-corrected chi connectivity index (χ1v) is 8.24. The van der Waals surface area contributed by atoms with Gasteiger partial charge in [-0.3, -0.25) is 0 Å². The van der Waals surface area contributed by atoms with Crippen LogP contribution in [0.15, 0.2) is 53.7 Å². The highest BCUT2D eigenvalue weighted by atomic mass is 19.1. The fourth-order valence-corrected chi connectivity index (χ4v) is 3.10. The molecule has 0 N–H and O–H groups in total. The summed E-state index contributed by atoms with van der Waals surface area (Å²) in [6.45, 7) is 0.113. The molecule has 1 radical (unpaired) electrons. The molecule has 0 unspecified atom stereocenters. The van der Waals surface area contributed by atoms with Crippen molar-refractivity contribution >= 4 is 6.21 Å². The van der Waals surface area contributed by atoms with Gasteiger partial charge in [0.25, 0.3) is 0 Å². The maximum absolute atomic E-state index is 13.5. The Bertz CT molecular complexity index is 662. The molecule has 23 heavy (non-hydrogen) atoms. The van der Waals surface area contributed by atoms with Gasteiger partial charge in [0.1, 0.15) is 18.6 Å². The molecule has 0 bridgehead atoms. The summed E-state index contributed by atoms with van der Waals surface area (Å²) in [5.41, 5.74) is 2.76. The lowest BCUT2D eigenvalue weighted by molar-refractivity contribution is 0.129. The molecule has 1 aliphatic rings. The first-order chi connectivity index (χ1) is 11.3. The van der Waals surface area contributed by atoms with Crippen molar-refractivity contribution in [1.82, 2.24) is 0 Å². The summed E-state index contributed by atoms with van der Waals surface area (Å²) in [5.74, 6) is 0.381. The lowest BCUT2D eigenvalue weighted by Gasteiger charge is -2.22. The second kappa shape index (κ2) is 7.91. The number of benzene rings is 2. The molecular formula is C20H21FNO. The minimum Gasteiger partial charge on any atom is -0.390 e. The van der Waals surface area contributed by atoms with Crippen LogP contribution in [-0.2, 0) is 11.4 Å². The van der Waals surface area contributed by atoms with E-state index in [0.717, 1.165) is 5.56 Å². The Balaban J connectivity index is 1.58. The predicted molar refractivity (Wildman–Crippen MR) is 90.0 cm³/mol. The van der Waals surface area contributed by atoms with Crippen molar-refractivity contribution < 1.29 is 9.23 Å². The van der Waals surface area contributed by atoms with E-state index in [9.17, 15) is 4.39 Å². The molecule has 119 valence electrons. The Kier molecular flexibility index (Phi) is 5.41. The lowest BCUT2D eigenvalue weighted by Crippen LogP contribution is -2.04. The van der Waals surface area contributed by atoms with E-state index >= 15 is 0 Å². The molecule has 1 aliphatic carbocycles. The lowest BCUT2D eigenvalue weighted by atomic mass is 9.84. The van der Waals surface area contributed by atoms with Crippen LogP contribution >= 0.6 is 0 Å². The number of hydrogen-bond acceptors (Lipinski definition) is 2. The number of hydrogen-bond donors (Lipinski definition) is 0. The molecule has 2 aromatic rings. The van der Waals surface area contributed by atoms with Crippen LogP contribution in [0.1, 0.15) is 54.7 Å². The van der Waals surface area contributed by atoms with Gasteiger partial charge in [-0.1, -0.05) is 60.8 Å². The second-order valence-corrected chi connectivity index (χ2v) is 6.03. The van der Waals surface area contributed by atoms with E-state index in [1.54, 1.807) is 18.2 Å². The van der Waals surface area contributed by atoms with Gasteiger partial charge in [0.2, 0.25) is 0 Å². The van der Waals surface area contributed by atoms with Crippen LogP contribution in [0.25, 0.3) is 0 Å². The largest absolute Gasteiger partial charge is 0.390 e. The van der Waals surface area contributed by atoms with Crippen molar-refractivity contribution in [3.8, 4) is 0 Å². The Labute approximate surface area is 137 Å². The molecule has 1 fully saturated rings. The predicted octanol–water partition coefficient (Wildman–Crippen LogP) is 5.30. The van der Waals surface area contributed by atoms with Crippen LogP contribution in [0.4, 0.5) is 4.39 Å². The fraction of sp³-hybridized carbons (Fsp3) is 0.350. The summed E-state index contributed by atoms with van der Waals surface area (Å²) >= 11 is 0. The van der Waals surface area contributed by atoms with Crippen molar-refractivity contribution in [2.45, 2.75) is 44.6 Å². The van der Waals surface area contributed by atoms with E-state index < -0.39 is 0 Å². The van der Waals surface area contributed by atoms with Gasteiger partial charge in [0.15, 0.2) is 0 Å². The van der Waals surface area contributed by atoms with Crippen LogP contribution in [0.2, 0.25) is 0 Å². The molecule has 0 atom stereocenters. The highest BCUT2D eigenvalue weighted by molar-refractivity contribution is 5.79. The van der Waals surface area contributed by atoms with Gasteiger partial charge in [0, 0.05) is 11.1 Å². The van der Waals surface area contributed by atoms with Gasteiger partial charge >= 0.3 is 0 Å². The average Bonchev–Trinajstić information content (AvgIpc) is 2.61. The molecule has 2 aromatic carbocycles. The van der Waals surface area contributed by atoms with Gasteiger partial charge in [-0.15, -0.1) is 0 Å². The first-order valence-electron chi connectivity index (χ1n) is 8.24. The summed E-state index contributed by atoms with van der Waals surface area (Å²) < 4.78 is 13.5. The molecule has 0 saturated heterocycles. The SMILES string of the molecule is Fc1ccccc1CO/N=[C]\c1cccc(C2CCCCC2)c1. The van der Waals surface area contributed by atoms with E-state index in [1.165, 1.54) is 43.7 Å². The molecular weight excluding hydrogens is 289 g/mol. The topological polar surface area (TPSA) is 21.6 Å². The van der Waals surface area contributed by atoms with Gasteiger partial charge in [-0.25, -0.2) is 4.39 Å². The van der Waals surface area contributed by atoms with E-state index in [2.05, 4.69) is 23.5 Å². The minimum atomic E-state index is -0.276. The summed E-state index contributed by atoms with van der Waals surface area (Å²) in [5, 5.41) is 3.85. The molecule has 2 nitrogen and oxygen atoms in total. The monoisotopic (exact) mass is 310 g/mol. The summed E-state index contributed by atoms with van der Waals surface area (Å²) in [7, 11) is 0. The second-order valence-electron chi connectivity index (χ2n) is 6.03. The Morgan fingerprint density at radius 3 is 2.70 bits per heavy atom. The first kappa shape index (κ1) is 15.7. The normalized spacial score (nSPS) is 15.9. The minimum absolute atomic E-state index is 0.113. The average molecular weight is 310 g/mol. The van der Waals surface area contributed by atoms with Crippen LogP contribution in [0.3, 0.4) is 0 Å². The van der Waals surface area contributed by atoms with Crippen molar-refractivity contribution in [3.05, 3.63) is 71.0 Å². The molecule has 1 saturated carbocycles. The molecule has 0 amide bonds. The van der Waals surface area contributed by atoms with Gasteiger partial charge in [0.05, 0.1) is 0 Å².